The minimum atomic E-state index is -0.337. The van der Waals surface area contributed by atoms with Gasteiger partial charge in [0.2, 0.25) is 0 Å². The summed E-state index contributed by atoms with van der Waals surface area (Å²) in [4.78, 5) is 17.8. The number of benzene rings is 1. The Morgan fingerprint density at radius 2 is 2.03 bits per heavy atom. The zero-order chi connectivity index (χ0) is 21.0. The first-order chi connectivity index (χ1) is 13.9. The highest BCUT2D eigenvalue weighted by Gasteiger charge is 2.25. The number of thiocarbonyl (C=S) groups is 1. The summed E-state index contributed by atoms with van der Waals surface area (Å²) in [5.41, 5.74) is 2.57. The fraction of sp³-hybridized carbons (Fsp3) is 0.429. The van der Waals surface area contributed by atoms with Crippen molar-refractivity contribution in [1.29, 1.82) is 0 Å². The highest BCUT2D eigenvalue weighted by molar-refractivity contribution is 7.80. The van der Waals surface area contributed by atoms with Crippen molar-refractivity contribution in [3.8, 4) is 0 Å². The molecule has 1 aliphatic heterocycles. The van der Waals surface area contributed by atoms with Gasteiger partial charge in [-0.3, -0.25) is 4.90 Å². The molecular weight excluding hydrogens is 409 g/mol. The Labute approximate surface area is 180 Å². The van der Waals surface area contributed by atoms with Gasteiger partial charge >= 0.3 is 5.97 Å². The summed E-state index contributed by atoms with van der Waals surface area (Å²) in [5, 5.41) is 4.63. The van der Waals surface area contributed by atoms with Gasteiger partial charge in [0.1, 0.15) is 10.8 Å². The van der Waals surface area contributed by atoms with Crippen LogP contribution in [0.25, 0.3) is 0 Å². The second-order valence-corrected chi connectivity index (χ2v) is 8.62. The number of carbonyl (C=O) groups excluding carboxylic acids is 1. The van der Waals surface area contributed by atoms with Crippen LogP contribution in [0.15, 0.2) is 24.3 Å². The third-order valence-corrected chi connectivity index (χ3v) is 6.55. The summed E-state index contributed by atoms with van der Waals surface area (Å²) in [6.07, 6.45) is 0.764. The van der Waals surface area contributed by atoms with Crippen LogP contribution in [0.2, 0.25) is 0 Å². The van der Waals surface area contributed by atoms with Crippen molar-refractivity contribution in [3.63, 3.8) is 0 Å². The smallest absolute Gasteiger partial charge is 0.341 e. The average Bonchev–Trinajstić information content (AvgIpc) is 3.02. The van der Waals surface area contributed by atoms with Crippen molar-refractivity contribution in [3.05, 3.63) is 51.7 Å². The molecule has 0 amide bonds. The molecule has 29 heavy (non-hydrogen) atoms. The lowest BCUT2D eigenvalue weighted by molar-refractivity contribution is 0.0601. The fourth-order valence-corrected chi connectivity index (χ4v) is 5.07. The van der Waals surface area contributed by atoms with E-state index < -0.39 is 0 Å². The Morgan fingerprint density at radius 1 is 1.31 bits per heavy atom. The van der Waals surface area contributed by atoms with E-state index in [1.807, 2.05) is 19.9 Å². The van der Waals surface area contributed by atoms with E-state index in [0.717, 1.165) is 60.1 Å². The number of nitrogens with zero attached hydrogens (tertiary/aromatic N) is 2. The van der Waals surface area contributed by atoms with Gasteiger partial charge in [0.05, 0.1) is 12.7 Å². The third kappa shape index (κ3) is 5.12. The van der Waals surface area contributed by atoms with E-state index in [-0.39, 0.29) is 11.8 Å². The lowest BCUT2D eigenvalue weighted by atomic mass is 10.1. The molecule has 8 heteroatoms. The maximum absolute atomic E-state index is 13.4. The number of ether oxygens (including phenoxy) is 1. The minimum Gasteiger partial charge on any atom is -0.465 e. The number of nitrogens with one attached hydrogen (secondary N) is 1. The molecule has 0 bridgehead atoms. The number of halogens is 1. The maximum atomic E-state index is 13.4. The van der Waals surface area contributed by atoms with Gasteiger partial charge < -0.3 is 15.0 Å². The number of thiophene rings is 1. The summed E-state index contributed by atoms with van der Waals surface area (Å²) < 4.78 is 18.4. The van der Waals surface area contributed by atoms with E-state index in [4.69, 9.17) is 17.0 Å². The molecule has 156 valence electrons. The molecule has 0 radical (unpaired) electrons. The van der Waals surface area contributed by atoms with Gasteiger partial charge in [-0.05, 0) is 48.8 Å². The van der Waals surface area contributed by atoms with E-state index in [2.05, 4.69) is 15.1 Å². The number of carbonyl (C=O) groups is 1. The molecule has 1 aromatic heterocycles. The second-order valence-electron chi connectivity index (χ2n) is 7.01. The van der Waals surface area contributed by atoms with Crippen LogP contribution in [0, 0.1) is 12.7 Å². The van der Waals surface area contributed by atoms with Crippen molar-refractivity contribution in [2.75, 3.05) is 38.6 Å². The van der Waals surface area contributed by atoms with Crippen molar-refractivity contribution < 1.29 is 13.9 Å². The standard InChI is InChI=1S/C21H26FN3O2S2/c1-4-17-14(2)29-19(18(17)20(26)27-3)23-21(28)25-10-8-24(9-11-25)13-15-6-5-7-16(22)12-15/h5-7,12H,4,8-11,13H2,1-3H3,(H,23,28). The molecule has 0 unspecified atom stereocenters. The van der Waals surface area contributed by atoms with Gasteiger partial charge in [-0.25, -0.2) is 9.18 Å². The maximum Gasteiger partial charge on any atom is 0.341 e. The Balaban J connectivity index is 1.61. The van der Waals surface area contributed by atoms with Crippen LogP contribution in [-0.2, 0) is 17.7 Å². The summed E-state index contributed by atoms with van der Waals surface area (Å²) in [6, 6.07) is 6.73. The van der Waals surface area contributed by atoms with Crippen molar-refractivity contribution in [2.24, 2.45) is 0 Å². The van der Waals surface area contributed by atoms with Gasteiger partial charge in [-0.15, -0.1) is 11.3 Å². The number of rotatable bonds is 5. The van der Waals surface area contributed by atoms with Crippen LogP contribution in [0.3, 0.4) is 0 Å². The minimum absolute atomic E-state index is 0.203. The predicted molar refractivity (Wildman–Crippen MR) is 119 cm³/mol. The van der Waals surface area contributed by atoms with Crippen LogP contribution in [0.1, 0.15) is 33.3 Å². The molecule has 5 nitrogen and oxygen atoms in total. The second kappa shape index (κ2) is 9.65. The van der Waals surface area contributed by atoms with E-state index in [1.165, 1.54) is 24.5 Å². The first-order valence-electron chi connectivity index (χ1n) is 9.66. The molecule has 3 rings (SSSR count). The zero-order valence-corrected chi connectivity index (χ0v) is 18.6. The van der Waals surface area contributed by atoms with Crippen LogP contribution in [-0.4, -0.2) is 54.2 Å². The summed E-state index contributed by atoms with van der Waals surface area (Å²) in [7, 11) is 1.40. The van der Waals surface area contributed by atoms with E-state index >= 15 is 0 Å². The molecule has 1 aromatic carbocycles. The lowest BCUT2D eigenvalue weighted by Crippen LogP contribution is -2.49. The van der Waals surface area contributed by atoms with Crippen LogP contribution in [0.4, 0.5) is 9.39 Å². The van der Waals surface area contributed by atoms with Crippen LogP contribution < -0.4 is 5.32 Å². The van der Waals surface area contributed by atoms with Gasteiger partial charge in [0.15, 0.2) is 5.11 Å². The Bertz CT molecular complexity index is 892. The van der Waals surface area contributed by atoms with Crippen molar-refractivity contribution in [1.82, 2.24) is 9.80 Å². The first kappa shape index (κ1) is 21.7. The van der Waals surface area contributed by atoms with Gasteiger partial charge in [-0.2, -0.15) is 0 Å². The number of hydrogen-bond donors (Lipinski definition) is 1. The van der Waals surface area contributed by atoms with Gasteiger partial charge in [-0.1, -0.05) is 19.1 Å². The van der Waals surface area contributed by atoms with E-state index in [0.29, 0.717) is 10.7 Å². The van der Waals surface area contributed by atoms with Crippen LogP contribution >= 0.6 is 23.6 Å². The zero-order valence-electron chi connectivity index (χ0n) is 17.0. The number of hydrogen-bond acceptors (Lipinski definition) is 5. The quantitative estimate of drug-likeness (QED) is 0.565. The van der Waals surface area contributed by atoms with E-state index in [9.17, 15) is 9.18 Å². The number of anilines is 1. The molecular formula is C21H26FN3O2S2. The molecule has 0 saturated carbocycles. The monoisotopic (exact) mass is 435 g/mol. The van der Waals surface area contributed by atoms with Gasteiger partial charge in [0.25, 0.3) is 0 Å². The number of esters is 1. The highest BCUT2D eigenvalue weighted by Crippen LogP contribution is 2.34. The summed E-state index contributed by atoms with van der Waals surface area (Å²) >= 11 is 7.15. The van der Waals surface area contributed by atoms with E-state index in [1.54, 1.807) is 12.1 Å². The highest BCUT2D eigenvalue weighted by atomic mass is 32.1. The Kier molecular flexibility index (Phi) is 7.21. The van der Waals surface area contributed by atoms with Crippen molar-refractivity contribution >= 4 is 39.6 Å². The normalized spacial score (nSPS) is 14.7. The largest absolute Gasteiger partial charge is 0.465 e. The molecule has 1 aliphatic rings. The Morgan fingerprint density at radius 3 is 2.66 bits per heavy atom. The topological polar surface area (TPSA) is 44.8 Å². The molecule has 1 fully saturated rings. The first-order valence-corrected chi connectivity index (χ1v) is 10.9. The number of methoxy groups -OCH3 is 1. The molecule has 1 saturated heterocycles. The molecule has 0 spiro atoms. The molecule has 1 N–H and O–H groups in total. The predicted octanol–water partition coefficient (Wildman–Crippen LogP) is 4.06. The SMILES string of the molecule is CCc1c(C)sc(NC(=S)N2CCN(Cc3cccc(F)c3)CC2)c1C(=O)OC. The third-order valence-electron chi connectivity index (χ3n) is 5.13. The molecule has 2 heterocycles. The molecule has 2 aromatic rings. The number of aryl methyl sites for hydroxylation is 1. The molecule has 0 aliphatic carbocycles. The summed E-state index contributed by atoms with van der Waals surface area (Å²) in [5.74, 6) is -0.540. The van der Waals surface area contributed by atoms with Gasteiger partial charge in [0, 0.05) is 37.6 Å². The fourth-order valence-electron chi connectivity index (χ4n) is 3.59. The Hall–Kier alpha value is -2.03. The average molecular weight is 436 g/mol. The number of piperazine rings is 1. The molecule has 0 atom stereocenters. The summed E-state index contributed by atoms with van der Waals surface area (Å²) in [6.45, 7) is 8.00. The lowest BCUT2D eigenvalue weighted by Gasteiger charge is -2.36. The van der Waals surface area contributed by atoms with Crippen molar-refractivity contribution in [2.45, 2.75) is 26.8 Å². The van der Waals surface area contributed by atoms with Crippen LogP contribution in [0.5, 0.6) is 0 Å².